The predicted octanol–water partition coefficient (Wildman–Crippen LogP) is 1.49. The maximum Gasteiger partial charge on any atom is 0.192 e. The highest BCUT2D eigenvalue weighted by Crippen LogP contribution is 2.10. The zero-order chi connectivity index (χ0) is 17.6. The van der Waals surface area contributed by atoms with Gasteiger partial charge in [0.25, 0.3) is 0 Å². The Bertz CT molecular complexity index is 719. The van der Waals surface area contributed by atoms with E-state index in [0.717, 1.165) is 43.6 Å². The molecule has 2 N–H and O–H groups in total. The van der Waals surface area contributed by atoms with Crippen LogP contribution in [0.2, 0.25) is 0 Å². The van der Waals surface area contributed by atoms with Gasteiger partial charge in [0.05, 0.1) is 19.2 Å². The van der Waals surface area contributed by atoms with Crippen molar-refractivity contribution in [3.8, 4) is 0 Å². The third kappa shape index (κ3) is 5.70. The molecule has 3 heterocycles. The van der Waals surface area contributed by atoms with Crippen molar-refractivity contribution in [2.75, 3.05) is 13.2 Å². The molecule has 0 amide bonds. The molecule has 144 valence electrons. The molecule has 1 aliphatic heterocycles. The van der Waals surface area contributed by atoms with Crippen LogP contribution < -0.4 is 10.6 Å². The maximum absolute atomic E-state index is 5.68. The SMILES string of the molecule is Cc1nnc(CNC(=NCc2ccn(C)c2)NCC2CCCO2)n1C.I. The van der Waals surface area contributed by atoms with Crippen LogP contribution in [0.15, 0.2) is 23.5 Å². The molecule has 0 aromatic carbocycles. The highest BCUT2D eigenvalue weighted by molar-refractivity contribution is 14.0. The second-order valence-corrected chi connectivity index (χ2v) is 6.44. The van der Waals surface area contributed by atoms with Crippen molar-refractivity contribution < 1.29 is 4.74 Å². The van der Waals surface area contributed by atoms with Gasteiger partial charge in [-0.3, -0.25) is 0 Å². The lowest BCUT2D eigenvalue weighted by Gasteiger charge is -2.15. The standard InChI is InChI=1S/C17H27N7O.HI/c1-13-21-22-16(24(13)3)11-20-17(19-10-15-5-4-8-25-15)18-9-14-6-7-23(2)12-14;/h6-7,12,15H,4-5,8-11H2,1-3H3,(H2,18,19,20);1H. The minimum absolute atomic E-state index is 0. The van der Waals surface area contributed by atoms with Crippen molar-refractivity contribution in [3.63, 3.8) is 0 Å². The number of aryl methyl sites for hydroxylation is 2. The fourth-order valence-electron chi connectivity index (χ4n) is 2.78. The molecule has 2 aromatic rings. The molecule has 0 aliphatic carbocycles. The van der Waals surface area contributed by atoms with E-state index in [1.54, 1.807) is 0 Å². The van der Waals surface area contributed by atoms with Gasteiger partial charge in [0, 0.05) is 39.6 Å². The van der Waals surface area contributed by atoms with E-state index >= 15 is 0 Å². The lowest BCUT2D eigenvalue weighted by molar-refractivity contribution is 0.113. The Morgan fingerprint density at radius 1 is 1.35 bits per heavy atom. The Balaban J connectivity index is 0.00000243. The van der Waals surface area contributed by atoms with Gasteiger partial charge in [0.1, 0.15) is 5.82 Å². The molecule has 1 aliphatic rings. The van der Waals surface area contributed by atoms with Crippen molar-refractivity contribution in [1.82, 2.24) is 30.0 Å². The first-order valence-electron chi connectivity index (χ1n) is 8.71. The number of rotatable bonds is 6. The van der Waals surface area contributed by atoms with Gasteiger partial charge in [-0.2, -0.15) is 0 Å². The quantitative estimate of drug-likeness (QED) is 0.378. The number of aromatic nitrogens is 4. The van der Waals surface area contributed by atoms with Gasteiger partial charge in [0.2, 0.25) is 0 Å². The first-order valence-corrected chi connectivity index (χ1v) is 8.71. The van der Waals surface area contributed by atoms with Crippen LogP contribution in [0.3, 0.4) is 0 Å². The number of nitrogens with one attached hydrogen (secondary N) is 2. The van der Waals surface area contributed by atoms with Crippen LogP contribution in [0.1, 0.15) is 30.1 Å². The summed E-state index contributed by atoms with van der Waals surface area (Å²) in [6.45, 7) is 4.76. The highest BCUT2D eigenvalue weighted by Gasteiger charge is 2.16. The maximum atomic E-state index is 5.68. The summed E-state index contributed by atoms with van der Waals surface area (Å²) in [5.74, 6) is 2.54. The summed E-state index contributed by atoms with van der Waals surface area (Å²) in [5, 5.41) is 15.0. The molecule has 0 saturated carbocycles. The van der Waals surface area contributed by atoms with Crippen LogP contribution in [0.5, 0.6) is 0 Å². The van der Waals surface area contributed by atoms with E-state index in [0.29, 0.717) is 13.1 Å². The van der Waals surface area contributed by atoms with Crippen LogP contribution in [0, 0.1) is 6.92 Å². The molecule has 1 atom stereocenters. The zero-order valence-electron chi connectivity index (χ0n) is 15.6. The minimum atomic E-state index is 0. The smallest absolute Gasteiger partial charge is 0.192 e. The Labute approximate surface area is 171 Å². The second-order valence-electron chi connectivity index (χ2n) is 6.44. The van der Waals surface area contributed by atoms with Crippen molar-refractivity contribution in [2.45, 2.75) is 39.0 Å². The zero-order valence-corrected chi connectivity index (χ0v) is 17.9. The molecule has 8 nitrogen and oxygen atoms in total. The van der Waals surface area contributed by atoms with Gasteiger partial charge in [-0.1, -0.05) is 0 Å². The Morgan fingerprint density at radius 2 is 2.19 bits per heavy atom. The van der Waals surface area contributed by atoms with Crippen LogP contribution >= 0.6 is 24.0 Å². The third-order valence-electron chi connectivity index (χ3n) is 4.43. The van der Waals surface area contributed by atoms with Crippen LogP contribution in [0.25, 0.3) is 0 Å². The number of halogens is 1. The van der Waals surface area contributed by atoms with E-state index in [4.69, 9.17) is 4.74 Å². The summed E-state index contributed by atoms with van der Waals surface area (Å²) < 4.78 is 9.68. The van der Waals surface area contributed by atoms with Gasteiger partial charge in [-0.25, -0.2) is 4.99 Å². The summed E-state index contributed by atoms with van der Waals surface area (Å²) >= 11 is 0. The number of nitrogens with zero attached hydrogens (tertiary/aromatic N) is 5. The van der Waals surface area contributed by atoms with Crippen molar-refractivity contribution >= 4 is 29.9 Å². The summed E-state index contributed by atoms with van der Waals surface area (Å²) in [4.78, 5) is 4.69. The number of aliphatic imine (C=N–C) groups is 1. The molecule has 0 bridgehead atoms. The molecule has 1 saturated heterocycles. The van der Waals surface area contributed by atoms with Gasteiger partial charge in [0.15, 0.2) is 11.8 Å². The van der Waals surface area contributed by atoms with Crippen molar-refractivity contribution in [1.29, 1.82) is 0 Å². The molecule has 1 fully saturated rings. The van der Waals surface area contributed by atoms with Crippen molar-refractivity contribution in [2.24, 2.45) is 19.1 Å². The molecule has 0 spiro atoms. The van der Waals surface area contributed by atoms with E-state index in [-0.39, 0.29) is 30.1 Å². The molecule has 3 rings (SSSR count). The van der Waals surface area contributed by atoms with Crippen LogP contribution in [-0.4, -0.2) is 44.5 Å². The third-order valence-corrected chi connectivity index (χ3v) is 4.43. The van der Waals surface area contributed by atoms with Gasteiger partial charge < -0.3 is 24.5 Å². The van der Waals surface area contributed by atoms with Crippen LogP contribution in [-0.2, 0) is 31.9 Å². The lowest BCUT2D eigenvalue weighted by Crippen LogP contribution is -2.41. The van der Waals surface area contributed by atoms with E-state index in [2.05, 4.69) is 38.1 Å². The number of hydrogen-bond donors (Lipinski definition) is 2. The number of hydrogen-bond acceptors (Lipinski definition) is 4. The van der Waals surface area contributed by atoms with Gasteiger partial charge in [-0.05, 0) is 31.4 Å². The summed E-state index contributed by atoms with van der Waals surface area (Å²) in [6.07, 6.45) is 6.60. The lowest BCUT2D eigenvalue weighted by atomic mass is 10.2. The van der Waals surface area contributed by atoms with Gasteiger partial charge in [-0.15, -0.1) is 34.2 Å². The summed E-state index contributed by atoms with van der Waals surface area (Å²) in [5.41, 5.74) is 1.18. The average Bonchev–Trinajstić information content (AvgIpc) is 3.32. The Kier molecular flexibility index (Phi) is 7.88. The van der Waals surface area contributed by atoms with E-state index in [1.807, 2.05) is 36.4 Å². The fourth-order valence-corrected chi connectivity index (χ4v) is 2.78. The normalized spacial score (nSPS) is 17.2. The fraction of sp³-hybridized carbons (Fsp3) is 0.588. The molecule has 0 radical (unpaired) electrons. The highest BCUT2D eigenvalue weighted by atomic mass is 127. The molecule has 26 heavy (non-hydrogen) atoms. The van der Waals surface area contributed by atoms with E-state index in [9.17, 15) is 0 Å². The topological polar surface area (TPSA) is 81.3 Å². The Morgan fingerprint density at radius 3 is 2.81 bits per heavy atom. The van der Waals surface area contributed by atoms with Crippen LogP contribution in [0.4, 0.5) is 0 Å². The summed E-state index contributed by atoms with van der Waals surface area (Å²) in [6, 6.07) is 2.08. The summed E-state index contributed by atoms with van der Waals surface area (Å²) in [7, 11) is 3.98. The average molecular weight is 473 g/mol. The molecular weight excluding hydrogens is 445 g/mol. The molecular formula is C17H28IN7O. The van der Waals surface area contributed by atoms with Crippen molar-refractivity contribution in [3.05, 3.63) is 35.7 Å². The predicted molar refractivity (Wildman–Crippen MR) is 112 cm³/mol. The number of guanidine groups is 1. The molecule has 9 heteroatoms. The largest absolute Gasteiger partial charge is 0.376 e. The molecule has 1 unspecified atom stereocenters. The number of ether oxygens (including phenoxy) is 1. The van der Waals surface area contributed by atoms with Gasteiger partial charge >= 0.3 is 0 Å². The van der Waals surface area contributed by atoms with E-state index < -0.39 is 0 Å². The minimum Gasteiger partial charge on any atom is -0.376 e. The Hall–Kier alpha value is -1.62. The molecule has 2 aromatic heterocycles. The van der Waals surface area contributed by atoms with E-state index in [1.165, 1.54) is 5.56 Å². The monoisotopic (exact) mass is 473 g/mol. The first-order chi connectivity index (χ1) is 12.1. The second kappa shape index (κ2) is 9.91. The first kappa shape index (κ1) is 20.7.